The lowest BCUT2D eigenvalue weighted by atomic mass is 9.85. The van der Waals surface area contributed by atoms with Crippen LogP contribution in [-0.2, 0) is 5.41 Å². The van der Waals surface area contributed by atoms with E-state index in [0.29, 0.717) is 18.4 Å². The molecule has 0 atom stereocenters. The van der Waals surface area contributed by atoms with Crippen LogP contribution in [-0.4, -0.2) is 19.0 Å². The molecule has 0 spiro atoms. The Morgan fingerprint density at radius 1 is 1.40 bits per heavy atom. The molecule has 1 aromatic carbocycles. The van der Waals surface area contributed by atoms with E-state index in [9.17, 15) is 0 Å². The third-order valence-electron chi connectivity index (χ3n) is 2.94. The minimum Gasteiger partial charge on any atom is -0.370 e. The van der Waals surface area contributed by atoms with Crippen LogP contribution in [0.25, 0.3) is 0 Å². The van der Waals surface area contributed by atoms with E-state index in [1.54, 1.807) is 0 Å². The molecule has 1 aromatic rings. The quantitative estimate of drug-likeness (QED) is 0.441. The molecular weight excluding hydrogens is 385 g/mol. The van der Waals surface area contributed by atoms with Crippen molar-refractivity contribution >= 4 is 41.5 Å². The largest absolute Gasteiger partial charge is 0.370 e. The second kappa shape index (κ2) is 8.72. The van der Waals surface area contributed by atoms with Crippen LogP contribution in [0.3, 0.4) is 0 Å². The lowest BCUT2D eigenvalue weighted by Gasteiger charge is -2.23. The molecule has 0 amide bonds. The molecule has 3 nitrogen and oxygen atoms in total. The third-order valence-corrected chi connectivity index (χ3v) is 3.18. The Morgan fingerprint density at radius 3 is 2.60 bits per heavy atom. The minimum absolute atomic E-state index is 0. The number of benzene rings is 1. The molecule has 0 heterocycles. The average Bonchev–Trinajstić information content (AvgIpc) is 2.34. The highest BCUT2D eigenvalue weighted by Crippen LogP contribution is 2.25. The van der Waals surface area contributed by atoms with Gasteiger partial charge in [-0.3, -0.25) is 4.99 Å². The first-order chi connectivity index (χ1) is 8.81. The van der Waals surface area contributed by atoms with Crippen molar-refractivity contribution in [1.82, 2.24) is 5.32 Å². The van der Waals surface area contributed by atoms with Gasteiger partial charge in [-0.2, -0.15) is 0 Å². The fourth-order valence-corrected chi connectivity index (χ4v) is 1.84. The molecule has 20 heavy (non-hydrogen) atoms. The van der Waals surface area contributed by atoms with Gasteiger partial charge in [-0.15, -0.1) is 24.0 Å². The molecule has 0 aromatic heterocycles. The van der Waals surface area contributed by atoms with E-state index in [2.05, 4.69) is 44.1 Å². The summed E-state index contributed by atoms with van der Waals surface area (Å²) in [5, 5.41) is 3.87. The summed E-state index contributed by atoms with van der Waals surface area (Å²) < 4.78 is 0. The van der Waals surface area contributed by atoms with Crippen LogP contribution in [0.2, 0.25) is 5.02 Å². The molecule has 114 valence electrons. The Hall–Kier alpha value is -0.490. The van der Waals surface area contributed by atoms with Crippen LogP contribution in [0.15, 0.2) is 29.3 Å². The van der Waals surface area contributed by atoms with Crippen molar-refractivity contribution in [1.29, 1.82) is 0 Å². The van der Waals surface area contributed by atoms with E-state index in [1.807, 2.05) is 18.2 Å². The van der Waals surface area contributed by atoms with Crippen LogP contribution >= 0.6 is 35.6 Å². The van der Waals surface area contributed by atoms with E-state index >= 15 is 0 Å². The summed E-state index contributed by atoms with van der Waals surface area (Å²) in [5.41, 5.74) is 6.93. The lowest BCUT2D eigenvalue weighted by Crippen LogP contribution is -2.35. The predicted molar refractivity (Wildman–Crippen MR) is 99.2 cm³/mol. The number of halogens is 2. The van der Waals surface area contributed by atoms with Crippen molar-refractivity contribution < 1.29 is 0 Å². The highest BCUT2D eigenvalue weighted by molar-refractivity contribution is 14.0. The molecule has 0 saturated carbocycles. The molecule has 0 saturated heterocycles. The second-order valence-corrected chi connectivity index (χ2v) is 6.31. The molecule has 1 rings (SSSR count). The molecule has 0 unspecified atom stereocenters. The standard InChI is InChI=1S/C15H24ClN3.HI/c1-11(2)9-18-14(17)19-10-15(3,4)12-6-5-7-13(16)8-12;/h5-8,11H,9-10H2,1-4H3,(H3,17,18,19);1H. The summed E-state index contributed by atoms with van der Waals surface area (Å²) in [6.07, 6.45) is 0. The summed E-state index contributed by atoms with van der Waals surface area (Å²) in [6, 6.07) is 7.89. The monoisotopic (exact) mass is 409 g/mol. The zero-order valence-corrected chi connectivity index (χ0v) is 15.7. The molecule has 0 aliphatic carbocycles. The average molecular weight is 410 g/mol. The first-order valence-electron chi connectivity index (χ1n) is 6.61. The number of hydrogen-bond acceptors (Lipinski definition) is 1. The van der Waals surface area contributed by atoms with Gasteiger partial charge in [-0.1, -0.05) is 51.4 Å². The fraction of sp³-hybridized carbons (Fsp3) is 0.533. The second-order valence-electron chi connectivity index (χ2n) is 5.87. The summed E-state index contributed by atoms with van der Waals surface area (Å²) in [4.78, 5) is 4.41. The topological polar surface area (TPSA) is 50.4 Å². The van der Waals surface area contributed by atoms with Crippen molar-refractivity contribution in [2.75, 3.05) is 13.1 Å². The van der Waals surface area contributed by atoms with Gasteiger partial charge >= 0.3 is 0 Å². The van der Waals surface area contributed by atoms with Crippen molar-refractivity contribution in [3.05, 3.63) is 34.9 Å². The normalized spacial score (nSPS) is 12.2. The van der Waals surface area contributed by atoms with Crippen molar-refractivity contribution in [2.24, 2.45) is 16.6 Å². The van der Waals surface area contributed by atoms with E-state index in [1.165, 1.54) is 5.56 Å². The van der Waals surface area contributed by atoms with Gasteiger partial charge in [0.1, 0.15) is 0 Å². The molecule has 0 aliphatic heterocycles. The Morgan fingerprint density at radius 2 is 2.05 bits per heavy atom. The molecule has 0 fully saturated rings. The summed E-state index contributed by atoms with van der Waals surface area (Å²) >= 11 is 6.03. The zero-order valence-electron chi connectivity index (χ0n) is 12.6. The minimum atomic E-state index is -0.0883. The first-order valence-corrected chi connectivity index (χ1v) is 6.99. The summed E-state index contributed by atoms with van der Waals surface area (Å²) in [5.74, 6) is 1.05. The third kappa shape index (κ3) is 6.79. The van der Waals surface area contributed by atoms with E-state index in [4.69, 9.17) is 17.3 Å². The molecule has 3 N–H and O–H groups in total. The lowest BCUT2D eigenvalue weighted by molar-refractivity contribution is 0.537. The number of nitrogens with two attached hydrogens (primary N) is 1. The number of guanidine groups is 1. The van der Waals surface area contributed by atoms with Crippen molar-refractivity contribution in [2.45, 2.75) is 33.1 Å². The molecule has 0 radical (unpaired) electrons. The zero-order chi connectivity index (χ0) is 14.5. The maximum Gasteiger partial charge on any atom is 0.188 e. The van der Waals surface area contributed by atoms with Crippen LogP contribution in [0.5, 0.6) is 0 Å². The SMILES string of the molecule is CC(C)CNC(N)=NCC(C)(C)c1cccc(Cl)c1.I. The highest BCUT2D eigenvalue weighted by atomic mass is 127. The number of hydrogen-bond donors (Lipinski definition) is 2. The van der Waals surface area contributed by atoms with Crippen molar-refractivity contribution in [3.63, 3.8) is 0 Å². The van der Waals surface area contributed by atoms with Gasteiger partial charge in [0.15, 0.2) is 5.96 Å². The fourth-order valence-electron chi connectivity index (χ4n) is 1.65. The highest BCUT2D eigenvalue weighted by Gasteiger charge is 2.20. The molecule has 0 bridgehead atoms. The molecule has 5 heteroatoms. The van der Waals surface area contributed by atoms with Gasteiger partial charge in [-0.05, 0) is 23.6 Å². The number of rotatable bonds is 5. The van der Waals surface area contributed by atoms with Crippen LogP contribution in [0, 0.1) is 5.92 Å². The van der Waals surface area contributed by atoms with Crippen LogP contribution in [0.4, 0.5) is 0 Å². The number of aliphatic imine (C=N–C) groups is 1. The van der Waals surface area contributed by atoms with Gasteiger partial charge in [0.2, 0.25) is 0 Å². The summed E-state index contributed by atoms with van der Waals surface area (Å²) in [6.45, 7) is 10.0. The number of nitrogens with one attached hydrogen (secondary N) is 1. The maximum absolute atomic E-state index is 6.03. The van der Waals surface area contributed by atoms with Crippen LogP contribution < -0.4 is 11.1 Å². The predicted octanol–water partition coefficient (Wildman–Crippen LogP) is 3.80. The van der Waals surface area contributed by atoms with Gasteiger partial charge in [0, 0.05) is 17.0 Å². The Kier molecular flexibility index (Phi) is 8.51. The number of nitrogens with zero attached hydrogens (tertiary/aromatic N) is 1. The van der Waals surface area contributed by atoms with E-state index < -0.39 is 0 Å². The Labute approximate surface area is 144 Å². The van der Waals surface area contributed by atoms with Crippen LogP contribution in [0.1, 0.15) is 33.3 Å². The Balaban J connectivity index is 0.00000361. The summed E-state index contributed by atoms with van der Waals surface area (Å²) in [7, 11) is 0. The van der Waals surface area contributed by atoms with Crippen molar-refractivity contribution in [3.8, 4) is 0 Å². The van der Waals surface area contributed by atoms with Gasteiger partial charge in [0.25, 0.3) is 0 Å². The first kappa shape index (κ1) is 19.5. The van der Waals surface area contributed by atoms with Gasteiger partial charge in [-0.25, -0.2) is 0 Å². The maximum atomic E-state index is 6.03. The molecule has 0 aliphatic rings. The Bertz CT molecular complexity index is 444. The van der Waals surface area contributed by atoms with E-state index in [-0.39, 0.29) is 29.4 Å². The van der Waals surface area contributed by atoms with E-state index in [0.717, 1.165) is 11.6 Å². The van der Waals surface area contributed by atoms with Gasteiger partial charge < -0.3 is 11.1 Å². The smallest absolute Gasteiger partial charge is 0.188 e. The molecular formula is C15H25ClIN3. The van der Waals surface area contributed by atoms with Gasteiger partial charge in [0.05, 0.1) is 6.54 Å².